The Morgan fingerprint density at radius 1 is 1.43 bits per heavy atom. The Balaban J connectivity index is 1.72. The molecule has 1 aliphatic rings. The van der Waals surface area contributed by atoms with Crippen molar-refractivity contribution in [3.63, 3.8) is 0 Å². The summed E-state index contributed by atoms with van der Waals surface area (Å²) < 4.78 is 19.0. The fourth-order valence-corrected chi connectivity index (χ4v) is 2.18. The highest BCUT2D eigenvalue weighted by atomic mass is 79.9. The molecule has 1 aromatic rings. The molecule has 0 aliphatic heterocycles. The second kappa shape index (κ2) is 6.32. The summed E-state index contributed by atoms with van der Waals surface area (Å²) in [6.45, 7) is 6.06. The van der Waals surface area contributed by atoms with E-state index in [9.17, 15) is 9.18 Å². The van der Waals surface area contributed by atoms with Gasteiger partial charge in [0.1, 0.15) is 11.4 Å². The number of carbonyl (C=O) groups is 1. The van der Waals surface area contributed by atoms with E-state index in [0.717, 1.165) is 12.0 Å². The fraction of sp³-hybridized carbons (Fsp3) is 0.533. The lowest BCUT2D eigenvalue weighted by Gasteiger charge is -2.19. The first-order chi connectivity index (χ1) is 9.74. The summed E-state index contributed by atoms with van der Waals surface area (Å²) in [5.41, 5.74) is 0.384. The standard InChI is InChI=1S/C15H20BrFN2O2/c1-15(2,3)21-14(20)19-13-7-12(13)18-8-9-4-5-10(16)11(17)6-9/h4-6,12-13,18H,7-8H2,1-3H3,(H,19,20). The normalized spacial score (nSPS) is 21.0. The number of nitrogens with one attached hydrogen (secondary N) is 2. The summed E-state index contributed by atoms with van der Waals surface area (Å²) >= 11 is 3.13. The molecule has 0 aromatic heterocycles. The lowest BCUT2D eigenvalue weighted by atomic mass is 10.2. The third kappa shape index (κ3) is 5.28. The van der Waals surface area contributed by atoms with Gasteiger partial charge in [-0.2, -0.15) is 0 Å². The van der Waals surface area contributed by atoms with Crippen molar-refractivity contribution >= 4 is 22.0 Å². The fourth-order valence-electron chi connectivity index (χ4n) is 1.94. The average molecular weight is 359 g/mol. The Kier molecular flexibility index (Phi) is 4.88. The zero-order chi connectivity index (χ0) is 15.6. The Morgan fingerprint density at radius 2 is 2.14 bits per heavy atom. The van der Waals surface area contributed by atoms with E-state index >= 15 is 0 Å². The number of amides is 1. The van der Waals surface area contributed by atoms with Crippen molar-refractivity contribution in [2.75, 3.05) is 0 Å². The molecule has 116 valence electrons. The van der Waals surface area contributed by atoms with Gasteiger partial charge in [-0.1, -0.05) is 6.07 Å². The summed E-state index contributed by atoms with van der Waals surface area (Å²) in [5.74, 6) is -0.270. The number of alkyl carbamates (subject to hydrolysis) is 1. The van der Waals surface area contributed by atoms with Crippen LogP contribution in [0.2, 0.25) is 0 Å². The molecule has 2 atom stereocenters. The van der Waals surface area contributed by atoms with Crippen molar-refractivity contribution in [1.82, 2.24) is 10.6 Å². The molecule has 1 fully saturated rings. The summed E-state index contributed by atoms with van der Waals surface area (Å²) in [7, 11) is 0. The zero-order valence-electron chi connectivity index (χ0n) is 12.4. The molecule has 0 spiro atoms. The van der Waals surface area contributed by atoms with Crippen LogP contribution in [0, 0.1) is 5.82 Å². The molecular weight excluding hydrogens is 339 g/mol. The molecule has 2 unspecified atom stereocenters. The second-order valence-electron chi connectivity index (χ2n) is 6.22. The van der Waals surface area contributed by atoms with E-state index in [0.29, 0.717) is 11.0 Å². The number of benzene rings is 1. The summed E-state index contributed by atoms with van der Waals surface area (Å²) in [6.07, 6.45) is 0.463. The van der Waals surface area contributed by atoms with Crippen molar-refractivity contribution < 1.29 is 13.9 Å². The highest BCUT2D eigenvalue weighted by molar-refractivity contribution is 9.10. The lowest BCUT2D eigenvalue weighted by molar-refractivity contribution is 0.0522. The first-order valence-corrected chi connectivity index (χ1v) is 7.71. The summed E-state index contributed by atoms with van der Waals surface area (Å²) in [6, 6.07) is 5.34. The number of ether oxygens (including phenoxy) is 1. The van der Waals surface area contributed by atoms with Gasteiger partial charge < -0.3 is 15.4 Å². The van der Waals surface area contributed by atoms with E-state index in [-0.39, 0.29) is 17.9 Å². The number of rotatable bonds is 4. The van der Waals surface area contributed by atoms with E-state index in [1.807, 2.05) is 26.8 Å². The third-order valence-electron chi connectivity index (χ3n) is 3.04. The number of hydrogen-bond donors (Lipinski definition) is 2. The SMILES string of the molecule is CC(C)(C)OC(=O)NC1CC1NCc1ccc(Br)c(F)c1. The van der Waals surface area contributed by atoms with Crippen molar-refractivity contribution in [3.8, 4) is 0 Å². The Labute approximate surface area is 132 Å². The van der Waals surface area contributed by atoms with E-state index in [1.165, 1.54) is 6.07 Å². The second-order valence-corrected chi connectivity index (χ2v) is 7.08. The van der Waals surface area contributed by atoms with E-state index < -0.39 is 11.7 Å². The maximum absolute atomic E-state index is 13.4. The Morgan fingerprint density at radius 3 is 2.76 bits per heavy atom. The topological polar surface area (TPSA) is 50.4 Å². The minimum atomic E-state index is -0.489. The van der Waals surface area contributed by atoms with Crippen LogP contribution < -0.4 is 10.6 Å². The maximum atomic E-state index is 13.4. The maximum Gasteiger partial charge on any atom is 0.407 e. The van der Waals surface area contributed by atoms with Gasteiger partial charge in [-0.3, -0.25) is 0 Å². The van der Waals surface area contributed by atoms with Crippen molar-refractivity contribution in [1.29, 1.82) is 0 Å². The molecule has 1 aromatic carbocycles. The molecule has 4 nitrogen and oxygen atoms in total. The van der Waals surface area contributed by atoms with E-state index in [1.54, 1.807) is 6.07 Å². The molecule has 0 saturated heterocycles. The Hall–Kier alpha value is -1.14. The van der Waals surface area contributed by atoms with Gasteiger partial charge in [0, 0.05) is 18.6 Å². The average Bonchev–Trinajstić information content (AvgIpc) is 3.06. The van der Waals surface area contributed by atoms with Crippen LogP contribution >= 0.6 is 15.9 Å². The molecule has 2 N–H and O–H groups in total. The molecule has 1 amide bonds. The number of carbonyl (C=O) groups excluding carboxylic acids is 1. The molecule has 6 heteroatoms. The molecule has 1 aliphatic carbocycles. The lowest BCUT2D eigenvalue weighted by Crippen LogP contribution is -2.36. The van der Waals surface area contributed by atoms with Gasteiger partial charge in [0.25, 0.3) is 0 Å². The molecule has 0 radical (unpaired) electrons. The van der Waals surface area contributed by atoms with Gasteiger partial charge >= 0.3 is 6.09 Å². The van der Waals surface area contributed by atoms with Crippen molar-refractivity contribution in [3.05, 3.63) is 34.1 Å². The smallest absolute Gasteiger partial charge is 0.407 e. The zero-order valence-corrected chi connectivity index (χ0v) is 14.0. The highest BCUT2D eigenvalue weighted by Gasteiger charge is 2.38. The number of halogens is 2. The monoisotopic (exact) mass is 358 g/mol. The van der Waals surface area contributed by atoms with Gasteiger partial charge in [-0.15, -0.1) is 0 Å². The predicted molar refractivity (Wildman–Crippen MR) is 82.5 cm³/mol. The molecule has 0 bridgehead atoms. The molecule has 0 heterocycles. The van der Waals surface area contributed by atoms with Crippen LogP contribution in [0.1, 0.15) is 32.8 Å². The molecule has 1 saturated carbocycles. The van der Waals surface area contributed by atoms with Crippen molar-refractivity contribution in [2.24, 2.45) is 0 Å². The van der Waals surface area contributed by atoms with Crippen LogP contribution in [-0.4, -0.2) is 23.8 Å². The van der Waals surface area contributed by atoms with Crippen LogP contribution in [0.5, 0.6) is 0 Å². The summed E-state index contributed by atoms with van der Waals surface area (Å²) in [5, 5.41) is 6.10. The predicted octanol–water partition coefficient (Wildman–Crippen LogP) is 3.34. The highest BCUT2D eigenvalue weighted by Crippen LogP contribution is 2.23. The first kappa shape index (κ1) is 16.2. The van der Waals surface area contributed by atoms with Crippen LogP contribution in [0.25, 0.3) is 0 Å². The molecular formula is C15H20BrFN2O2. The minimum Gasteiger partial charge on any atom is -0.444 e. The largest absolute Gasteiger partial charge is 0.444 e. The quantitative estimate of drug-likeness (QED) is 0.867. The van der Waals surface area contributed by atoms with Crippen molar-refractivity contribution in [2.45, 2.75) is 51.4 Å². The Bertz CT molecular complexity index is 531. The van der Waals surface area contributed by atoms with Crippen LogP contribution in [0.15, 0.2) is 22.7 Å². The van der Waals surface area contributed by atoms with Gasteiger partial charge in [0.2, 0.25) is 0 Å². The van der Waals surface area contributed by atoms with E-state index in [4.69, 9.17) is 4.74 Å². The molecule has 21 heavy (non-hydrogen) atoms. The third-order valence-corrected chi connectivity index (χ3v) is 3.69. The van der Waals surface area contributed by atoms with Gasteiger partial charge in [-0.05, 0) is 60.8 Å². The van der Waals surface area contributed by atoms with Crippen LogP contribution in [-0.2, 0) is 11.3 Å². The first-order valence-electron chi connectivity index (χ1n) is 6.91. The minimum absolute atomic E-state index is 0.0835. The van der Waals surface area contributed by atoms with Crippen LogP contribution in [0.4, 0.5) is 9.18 Å². The molecule has 2 rings (SSSR count). The van der Waals surface area contributed by atoms with Gasteiger partial charge in [-0.25, -0.2) is 9.18 Å². The van der Waals surface area contributed by atoms with Gasteiger partial charge in [0.15, 0.2) is 0 Å². The van der Waals surface area contributed by atoms with Gasteiger partial charge in [0.05, 0.1) is 4.47 Å². The van der Waals surface area contributed by atoms with E-state index in [2.05, 4.69) is 26.6 Å². The van der Waals surface area contributed by atoms with Crippen LogP contribution in [0.3, 0.4) is 0 Å². The summed E-state index contributed by atoms with van der Waals surface area (Å²) in [4.78, 5) is 11.6. The number of hydrogen-bond acceptors (Lipinski definition) is 3.